The minimum Gasteiger partial charge on any atom is -0.497 e. The summed E-state index contributed by atoms with van der Waals surface area (Å²) in [6.07, 6.45) is 4.29. The van der Waals surface area contributed by atoms with Gasteiger partial charge in [-0.05, 0) is 42.7 Å². The molecule has 0 saturated heterocycles. The van der Waals surface area contributed by atoms with Crippen LogP contribution in [0.1, 0.15) is 30.4 Å². The molecule has 0 unspecified atom stereocenters. The Labute approximate surface area is 138 Å². The zero-order valence-electron chi connectivity index (χ0n) is 12.7. The topological polar surface area (TPSA) is 75.7 Å². The van der Waals surface area contributed by atoms with Crippen molar-refractivity contribution < 1.29 is 4.74 Å². The van der Waals surface area contributed by atoms with Crippen molar-refractivity contribution in [2.45, 2.75) is 25.3 Å². The van der Waals surface area contributed by atoms with Crippen molar-refractivity contribution in [1.29, 1.82) is 0 Å². The molecule has 0 amide bonds. The van der Waals surface area contributed by atoms with Crippen molar-refractivity contribution in [2.75, 3.05) is 12.4 Å². The molecule has 0 radical (unpaired) electrons. The molecule has 3 aromatic rings. The normalized spacial score (nSPS) is 14.0. The number of hydrogen-bond acceptors (Lipinski definition) is 6. The van der Waals surface area contributed by atoms with Crippen molar-refractivity contribution in [1.82, 2.24) is 19.3 Å². The van der Waals surface area contributed by atoms with Crippen molar-refractivity contribution >= 4 is 16.7 Å². The largest absolute Gasteiger partial charge is 0.497 e. The standard InChI is InChI=1S/C16H17N5OS/c1-22-12-6-4-10(5-7-12)13-8-17-14(19-13)9-18-16-20-15(21-23-16)11-2-3-11/h4-8,11H,2-3,9H2,1H3,(H,17,19)(H,18,20,21). The lowest BCUT2D eigenvalue weighted by Crippen LogP contribution is -2.01. The van der Waals surface area contributed by atoms with Gasteiger partial charge in [0, 0.05) is 17.5 Å². The summed E-state index contributed by atoms with van der Waals surface area (Å²) in [4.78, 5) is 12.2. The summed E-state index contributed by atoms with van der Waals surface area (Å²) in [7, 11) is 1.66. The molecule has 23 heavy (non-hydrogen) atoms. The monoisotopic (exact) mass is 327 g/mol. The van der Waals surface area contributed by atoms with Gasteiger partial charge in [-0.15, -0.1) is 0 Å². The fraction of sp³-hybridized carbons (Fsp3) is 0.312. The maximum Gasteiger partial charge on any atom is 0.202 e. The molecule has 118 valence electrons. The van der Waals surface area contributed by atoms with E-state index in [1.807, 2.05) is 30.5 Å². The first-order valence-electron chi connectivity index (χ1n) is 7.57. The fourth-order valence-electron chi connectivity index (χ4n) is 2.34. The Morgan fingerprint density at radius 3 is 2.87 bits per heavy atom. The van der Waals surface area contributed by atoms with Crippen LogP contribution < -0.4 is 10.1 Å². The third kappa shape index (κ3) is 3.19. The summed E-state index contributed by atoms with van der Waals surface area (Å²) in [6, 6.07) is 7.90. The van der Waals surface area contributed by atoms with Crippen LogP contribution in [0.4, 0.5) is 5.13 Å². The minimum atomic E-state index is 0.590. The molecular formula is C16H17N5OS. The highest BCUT2D eigenvalue weighted by molar-refractivity contribution is 7.09. The van der Waals surface area contributed by atoms with Crippen LogP contribution in [-0.2, 0) is 6.54 Å². The summed E-state index contributed by atoms with van der Waals surface area (Å²) in [5, 5.41) is 4.13. The van der Waals surface area contributed by atoms with Gasteiger partial charge in [-0.1, -0.05) is 0 Å². The molecule has 0 aliphatic heterocycles. The first-order valence-corrected chi connectivity index (χ1v) is 8.35. The first-order chi connectivity index (χ1) is 11.3. The Kier molecular flexibility index (Phi) is 3.70. The summed E-state index contributed by atoms with van der Waals surface area (Å²) in [5.74, 6) is 3.29. The summed E-state index contributed by atoms with van der Waals surface area (Å²) in [5.41, 5.74) is 2.07. The smallest absolute Gasteiger partial charge is 0.202 e. The van der Waals surface area contributed by atoms with Crippen LogP contribution in [-0.4, -0.2) is 26.4 Å². The number of imidazole rings is 1. The second kappa shape index (κ2) is 6.00. The molecular weight excluding hydrogens is 310 g/mol. The highest BCUT2D eigenvalue weighted by Gasteiger charge is 2.27. The molecule has 2 N–H and O–H groups in total. The number of aromatic nitrogens is 4. The lowest BCUT2D eigenvalue weighted by molar-refractivity contribution is 0.415. The number of H-pyrrole nitrogens is 1. The van der Waals surface area contributed by atoms with Crippen LogP contribution in [0.2, 0.25) is 0 Å². The van der Waals surface area contributed by atoms with Crippen molar-refractivity contribution in [3.05, 3.63) is 42.1 Å². The van der Waals surface area contributed by atoms with Gasteiger partial charge in [-0.25, -0.2) is 9.97 Å². The molecule has 0 atom stereocenters. The van der Waals surface area contributed by atoms with E-state index in [-0.39, 0.29) is 0 Å². The van der Waals surface area contributed by atoms with Crippen LogP contribution >= 0.6 is 11.5 Å². The lowest BCUT2D eigenvalue weighted by Gasteiger charge is -2.01. The van der Waals surface area contributed by atoms with Gasteiger partial charge in [0.05, 0.1) is 25.5 Å². The van der Waals surface area contributed by atoms with E-state index in [0.717, 1.165) is 33.8 Å². The van der Waals surface area contributed by atoms with Crippen molar-refractivity contribution in [3.8, 4) is 17.0 Å². The first kappa shape index (κ1) is 14.2. The quantitative estimate of drug-likeness (QED) is 0.725. The summed E-state index contributed by atoms with van der Waals surface area (Å²) in [6.45, 7) is 0.607. The molecule has 2 heterocycles. The van der Waals surface area contributed by atoms with E-state index in [2.05, 4.69) is 24.6 Å². The zero-order valence-corrected chi connectivity index (χ0v) is 13.6. The van der Waals surface area contributed by atoms with Gasteiger partial charge >= 0.3 is 0 Å². The van der Waals surface area contributed by atoms with Crippen LogP contribution in [0.15, 0.2) is 30.5 Å². The van der Waals surface area contributed by atoms with E-state index in [1.165, 1.54) is 24.4 Å². The Balaban J connectivity index is 1.40. The maximum atomic E-state index is 5.17. The molecule has 1 aromatic carbocycles. The number of methoxy groups -OCH3 is 1. The van der Waals surface area contributed by atoms with E-state index in [9.17, 15) is 0 Å². The Hall–Kier alpha value is -2.41. The minimum absolute atomic E-state index is 0.590. The third-order valence-electron chi connectivity index (χ3n) is 3.82. The molecule has 6 nitrogen and oxygen atoms in total. The number of nitrogens with one attached hydrogen (secondary N) is 2. The molecule has 1 aliphatic rings. The molecule has 0 spiro atoms. The molecule has 1 aliphatic carbocycles. The van der Waals surface area contributed by atoms with Crippen LogP contribution in [0.5, 0.6) is 5.75 Å². The van der Waals surface area contributed by atoms with Crippen LogP contribution in [0.25, 0.3) is 11.3 Å². The number of anilines is 1. The van der Waals surface area contributed by atoms with Crippen molar-refractivity contribution in [2.24, 2.45) is 0 Å². The predicted molar refractivity (Wildman–Crippen MR) is 89.8 cm³/mol. The van der Waals surface area contributed by atoms with Gasteiger partial charge in [0.2, 0.25) is 5.13 Å². The van der Waals surface area contributed by atoms with Crippen LogP contribution in [0.3, 0.4) is 0 Å². The molecule has 4 rings (SSSR count). The molecule has 2 aromatic heterocycles. The van der Waals surface area contributed by atoms with Crippen LogP contribution in [0, 0.1) is 0 Å². The predicted octanol–water partition coefficient (Wildman–Crippen LogP) is 3.43. The molecule has 1 saturated carbocycles. The number of benzene rings is 1. The number of nitrogens with zero attached hydrogens (tertiary/aromatic N) is 3. The van der Waals surface area contributed by atoms with E-state index in [0.29, 0.717) is 12.5 Å². The SMILES string of the molecule is COc1ccc(-c2cnc(CNc3nc(C4CC4)ns3)[nH]2)cc1. The van der Waals surface area contributed by atoms with Gasteiger partial charge < -0.3 is 15.0 Å². The van der Waals surface area contributed by atoms with Gasteiger partial charge in [0.1, 0.15) is 17.4 Å². The highest BCUT2D eigenvalue weighted by atomic mass is 32.1. The van der Waals surface area contributed by atoms with E-state index < -0.39 is 0 Å². The number of hydrogen-bond donors (Lipinski definition) is 2. The fourth-order valence-corrected chi connectivity index (χ4v) is 2.98. The van der Waals surface area contributed by atoms with Gasteiger partial charge in [-0.3, -0.25) is 0 Å². The number of aromatic amines is 1. The Morgan fingerprint density at radius 1 is 1.30 bits per heavy atom. The Bertz CT molecular complexity index is 791. The van der Waals surface area contributed by atoms with E-state index in [1.54, 1.807) is 7.11 Å². The Morgan fingerprint density at radius 2 is 2.13 bits per heavy atom. The average molecular weight is 327 g/mol. The summed E-state index contributed by atoms with van der Waals surface area (Å²) < 4.78 is 9.56. The van der Waals surface area contributed by atoms with Gasteiger partial charge in [-0.2, -0.15) is 4.37 Å². The summed E-state index contributed by atoms with van der Waals surface area (Å²) >= 11 is 1.42. The van der Waals surface area contributed by atoms with Gasteiger partial charge in [0.25, 0.3) is 0 Å². The van der Waals surface area contributed by atoms with Crippen molar-refractivity contribution in [3.63, 3.8) is 0 Å². The molecule has 7 heteroatoms. The molecule has 0 bridgehead atoms. The lowest BCUT2D eigenvalue weighted by atomic mass is 10.2. The number of rotatable bonds is 6. The average Bonchev–Trinajstić information content (AvgIpc) is 3.15. The second-order valence-electron chi connectivity index (χ2n) is 5.56. The van der Waals surface area contributed by atoms with Gasteiger partial charge in [0.15, 0.2) is 0 Å². The maximum absolute atomic E-state index is 5.17. The van der Waals surface area contributed by atoms with E-state index >= 15 is 0 Å². The third-order valence-corrected chi connectivity index (χ3v) is 4.51. The molecule has 1 fully saturated rings. The zero-order chi connectivity index (χ0) is 15.6. The van der Waals surface area contributed by atoms with E-state index in [4.69, 9.17) is 4.74 Å². The number of ether oxygens (including phenoxy) is 1. The second-order valence-corrected chi connectivity index (χ2v) is 6.31. The highest BCUT2D eigenvalue weighted by Crippen LogP contribution is 2.39.